The van der Waals surface area contributed by atoms with Crippen molar-refractivity contribution in [3.8, 4) is 0 Å². The topological polar surface area (TPSA) is 12.0 Å². The Morgan fingerprint density at radius 1 is 1.24 bits per heavy atom. The van der Waals surface area contributed by atoms with Gasteiger partial charge in [-0.05, 0) is 31.5 Å². The van der Waals surface area contributed by atoms with Gasteiger partial charge in [-0.15, -0.1) is 11.8 Å². The highest BCUT2D eigenvalue weighted by Gasteiger charge is 2.08. The second-order valence-corrected chi connectivity index (χ2v) is 5.54. The fourth-order valence-electron chi connectivity index (χ4n) is 1.89. The molecule has 0 aliphatic heterocycles. The molecular weight excluding hydrogens is 226 g/mol. The molecule has 0 amide bonds. The molecule has 1 rings (SSSR count). The van der Waals surface area contributed by atoms with E-state index >= 15 is 0 Å². The molecule has 96 valence electrons. The number of nitrogens with one attached hydrogen (secondary N) is 1. The van der Waals surface area contributed by atoms with Crippen molar-refractivity contribution >= 4 is 11.8 Å². The third-order valence-corrected chi connectivity index (χ3v) is 4.27. The van der Waals surface area contributed by atoms with Crippen LogP contribution in [0.25, 0.3) is 0 Å². The standard InChI is InChI=1S/C15H25NS/c1-4-6-10-14(16-5-2)12-17-15-11-8-7-9-13(15)3/h7-9,11,14,16H,4-6,10,12H2,1-3H3. The zero-order valence-electron chi connectivity index (χ0n) is 11.3. The van der Waals surface area contributed by atoms with Gasteiger partial charge in [0.25, 0.3) is 0 Å². The molecule has 0 fully saturated rings. The van der Waals surface area contributed by atoms with Crippen molar-refractivity contribution in [3.05, 3.63) is 29.8 Å². The molecule has 1 N–H and O–H groups in total. The van der Waals surface area contributed by atoms with Crippen LogP contribution in [-0.2, 0) is 0 Å². The van der Waals surface area contributed by atoms with Crippen molar-refractivity contribution in [2.75, 3.05) is 12.3 Å². The zero-order chi connectivity index (χ0) is 12.5. The number of benzene rings is 1. The second-order valence-electron chi connectivity index (χ2n) is 4.47. The van der Waals surface area contributed by atoms with Crippen molar-refractivity contribution in [2.45, 2.75) is 51.0 Å². The number of aryl methyl sites for hydroxylation is 1. The number of rotatable bonds is 8. The van der Waals surface area contributed by atoms with Crippen molar-refractivity contribution in [3.63, 3.8) is 0 Å². The molecular formula is C15H25NS. The highest BCUT2D eigenvalue weighted by atomic mass is 32.2. The Morgan fingerprint density at radius 3 is 2.65 bits per heavy atom. The zero-order valence-corrected chi connectivity index (χ0v) is 12.1. The Balaban J connectivity index is 2.42. The van der Waals surface area contributed by atoms with Crippen LogP contribution < -0.4 is 5.32 Å². The van der Waals surface area contributed by atoms with Crippen molar-refractivity contribution in [1.82, 2.24) is 5.32 Å². The van der Waals surface area contributed by atoms with Crippen molar-refractivity contribution in [2.24, 2.45) is 0 Å². The van der Waals surface area contributed by atoms with E-state index in [0.717, 1.165) is 6.54 Å². The van der Waals surface area contributed by atoms with Gasteiger partial charge in [0.05, 0.1) is 0 Å². The van der Waals surface area contributed by atoms with E-state index in [0.29, 0.717) is 6.04 Å². The Hall–Kier alpha value is -0.470. The molecule has 0 heterocycles. The summed E-state index contributed by atoms with van der Waals surface area (Å²) in [6.45, 7) is 7.72. The van der Waals surface area contributed by atoms with Gasteiger partial charge in [-0.25, -0.2) is 0 Å². The van der Waals surface area contributed by atoms with Gasteiger partial charge in [0.15, 0.2) is 0 Å². The van der Waals surface area contributed by atoms with Gasteiger partial charge < -0.3 is 5.32 Å². The highest BCUT2D eigenvalue weighted by molar-refractivity contribution is 7.99. The normalized spacial score (nSPS) is 12.6. The van der Waals surface area contributed by atoms with E-state index in [1.165, 1.54) is 35.5 Å². The van der Waals surface area contributed by atoms with Gasteiger partial charge in [0.1, 0.15) is 0 Å². The van der Waals surface area contributed by atoms with Crippen LogP contribution in [0.15, 0.2) is 29.2 Å². The van der Waals surface area contributed by atoms with Gasteiger partial charge in [-0.1, -0.05) is 44.9 Å². The van der Waals surface area contributed by atoms with E-state index in [4.69, 9.17) is 0 Å². The number of thioether (sulfide) groups is 1. The van der Waals surface area contributed by atoms with Gasteiger partial charge >= 0.3 is 0 Å². The first-order valence-corrected chi connectivity index (χ1v) is 7.68. The van der Waals surface area contributed by atoms with Crippen LogP contribution in [0.1, 0.15) is 38.7 Å². The first kappa shape index (κ1) is 14.6. The largest absolute Gasteiger partial charge is 0.313 e. The maximum absolute atomic E-state index is 3.59. The highest BCUT2D eigenvalue weighted by Crippen LogP contribution is 2.23. The first-order chi connectivity index (χ1) is 8.27. The third kappa shape index (κ3) is 5.60. The van der Waals surface area contributed by atoms with Gasteiger partial charge in [0.2, 0.25) is 0 Å². The molecule has 0 aromatic heterocycles. The summed E-state index contributed by atoms with van der Waals surface area (Å²) in [5.41, 5.74) is 1.39. The maximum atomic E-state index is 3.59. The maximum Gasteiger partial charge on any atom is 0.0161 e. The summed E-state index contributed by atoms with van der Waals surface area (Å²) in [6.07, 6.45) is 3.91. The van der Waals surface area contributed by atoms with Crippen LogP contribution in [0.3, 0.4) is 0 Å². The van der Waals surface area contributed by atoms with E-state index in [9.17, 15) is 0 Å². The molecule has 0 bridgehead atoms. The lowest BCUT2D eigenvalue weighted by atomic mass is 10.1. The molecule has 0 aliphatic carbocycles. The molecule has 0 spiro atoms. The van der Waals surface area contributed by atoms with Gasteiger partial charge in [0, 0.05) is 16.7 Å². The average Bonchev–Trinajstić information content (AvgIpc) is 2.34. The molecule has 2 heteroatoms. The summed E-state index contributed by atoms with van der Waals surface area (Å²) >= 11 is 1.98. The molecule has 1 aromatic carbocycles. The summed E-state index contributed by atoms with van der Waals surface area (Å²) in [5, 5.41) is 3.59. The van der Waals surface area contributed by atoms with Crippen LogP contribution in [0.4, 0.5) is 0 Å². The molecule has 17 heavy (non-hydrogen) atoms. The Morgan fingerprint density at radius 2 is 2.00 bits per heavy atom. The number of hydrogen-bond acceptors (Lipinski definition) is 2. The lowest BCUT2D eigenvalue weighted by Crippen LogP contribution is -2.31. The quantitative estimate of drug-likeness (QED) is 0.693. The monoisotopic (exact) mass is 251 g/mol. The molecule has 1 unspecified atom stereocenters. The van der Waals surface area contributed by atoms with Crippen molar-refractivity contribution < 1.29 is 0 Å². The minimum absolute atomic E-state index is 0.657. The number of hydrogen-bond donors (Lipinski definition) is 1. The average molecular weight is 251 g/mol. The predicted molar refractivity (Wildman–Crippen MR) is 78.9 cm³/mol. The summed E-state index contributed by atoms with van der Waals surface area (Å²) in [7, 11) is 0. The third-order valence-electron chi connectivity index (χ3n) is 2.93. The van der Waals surface area contributed by atoms with E-state index < -0.39 is 0 Å². The fraction of sp³-hybridized carbons (Fsp3) is 0.600. The molecule has 0 saturated carbocycles. The van der Waals surface area contributed by atoms with E-state index in [-0.39, 0.29) is 0 Å². The van der Waals surface area contributed by atoms with Crippen LogP contribution in [0.2, 0.25) is 0 Å². The molecule has 0 radical (unpaired) electrons. The van der Waals surface area contributed by atoms with E-state index in [1.807, 2.05) is 11.8 Å². The second kappa shape index (κ2) is 8.60. The SMILES string of the molecule is CCCCC(CSc1ccccc1C)NCC. The summed E-state index contributed by atoms with van der Waals surface area (Å²) in [4.78, 5) is 1.42. The van der Waals surface area contributed by atoms with Crippen LogP contribution in [0, 0.1) is 6.92 Å². The van der Waals surface area contributed by atoms with Crippen LogP contribution >= 0.6 is 11.8 Å². The minimum Gasteiger partial charge on any atom is -0.313 e. The summed E-state index contributed by atoms with van der Waals surface area (Å²) in [5.74, 6) is 1.18. The Kier molecular flexibility index (Phi) is 7.38. The van der Waals surface area contributed by atoms with E-state index in [1.54, 1.807) is 0 Å². The Bertz CT molecular complexity index is 312. The van der Waals surface area contributed by atoms with Crippen LogP contribution in [-0.4, -0.2) is 18.3 Å². The van der Waals surface area contributed by atoms with Crippen LogP contribution in [0.5, 0.6) is 0 Å². The first-order valence-electron chi connectivity index (χ1n) is 6.69. The van der Waals surface area contributed by atoms with Gasteiger partial charge in [-0.2, -0.15) is 0 Å². The molecule has 1 aromatic rings. The van der Waals surface area contributed by atoms with E-state index in [2.05, 4.69) is 50.4 Å². The number of unbranched alkanes of at least 4 members (excludes halogenated alkanes) is 1. The lowest BCUT2D eigenvalue weighted by molar-refractivity contribution is 0.515. The minimum atomic E-state index is 0.657. The molecule has 0 aliphatic rings. The molecule has 1 nitrogen and oxygen atoms in total. The van der Waals surface area contributed by atoms with Crippen molar-refractivity contribution in [1.29, 1.82) is 0 Å². The Labute approximate surface area is 110 Å². The fourth-order valence-corrected chi connectivity index (χ4v) is 3.03. The molecule has 1 atom stereocenters. The lowest BCUT2D eigenvalue weighted by Gasteiger charge is -2.17. The molecule has 0 saturated heterocycles. The predicted octanol–water partition coefficient (Wildman–Crippen LogP) is 4.26. The summed E-state index contributed by atoms with van der Waals surface area (Å²) < 4.78 is 0. The smallest absolute Gasteiger partial charge is 0.0161 e. The summed E-state index contributed by atoms with van der Waals surface area (Å²) in [6, 6.07) is 9.31. The van der Waals surface area contributed by atoms with Gasteiger partial charge in [-0.3, -0.25) is 0 Å².